The van der Waals surface area contributed by atoms with Crippen molar-refractivity contribution in [3.8, 4) is 22.9 Å². The molecule has 8 nitrogen and oxygen atoms in total. The van der Waals surface area contributed by atoms with Crippen molar-refractivity contribution in [1.82, 2.24) is 20.2 Å². The van der Waals surface area contributed by atoms with E-state index in [0.29, 0.717) is 30.5 Å². The van der Waals surface area contributed by atoms with Crippen molar-refractivity contribution in [3.05, 3.63) is 18.2 Å². The first-order valence-electron chi connectivity index (χ1n) is 8.92. The molecule has 0 spiro atoms. The normalized spacial score (nSPS) is 10.6. The molecule has 2 aromatic rings. The van der Waals surface area contributed by atoms with Crippen molar-refractivity contribution in [1.29, 1.82) is 0 Å². The molecule has 0 saturated carbocycles. The fourth-order valence-corrected chi connectivity index (χ4v) is 2.24. The quantitative estimate of drug-likeness (QED) is 0.448. The summed E-state index contributed by atoms with van der Waals surface area (Å²) in [6.45, 7) is 5.42. The summed E-state index contributed by atoms with van der Waals surface area (Å²) in [4.78, 5) is 11.5. The van der Waals surface area contributed by atoms with Gasteiger partial charge >= 0.3 is 5.97 Å². The van der Waals surface area contributed by atoms with Crippen molar-refractivity contribution in [2.75, 3.05) is 20.3 Å². The molecule has 8 heteroatoms. The predicted molar refractivity (Wildman–Crippen MR) is 96.1 cm³/mol. The molecule has 2 rings (SSSR count). The van der Waals surface area contributed by atoms with Gasteiger partial charge < -0.3 is 14.2 Å². The molecule has 26 heavy (non-hydrogen) atoms. The number of unbranched alkanes of at least 4 members (excludes halogenated alkanes) is 2. The van der Waals surface area contributed by atoms with Crippen LogP contribution in [0.2, 0.25) is 0 Å². The molecule has 142 valence electrons. The minimum atomic E-state index is -0.419. The zero-order chi connectivity index (χ0) is 18.8. The lowest BCUT2D eigenvalue weighted by Gasteiger charge is -2.14. The zero-order valence-corrected chi connectivity index (χ0v) is 15.6. The van der Waals surface area contributed by atoms with E-state index in [-0.39, 0.29) is 6.54 Å². The first-order valence-corrected chi connectivity index (χ1v) is 8.92. The van der Waals surface area contributed by atoms with E-state index < -0.39 is 5.97 Å². The fourth-order valence-electron chi connectivity index (χ4n) is 2.24. The van der Waals surface area contributed by atoms with Crippen LogP contribution in [0.1, 0.15) is 39.5 Å². The Bertz CT molecular complexity index is 702. The summed E-state index contributed by atoms with van der Waals surface area (Å²) in [6, 6.07) is 5.55. The summed E-state index contributed by atoms with van der Waals surface area (Å²) in [6.07, 6.45) is 4.04. The Kier molecular flexibility index (Phi) is 7.85. The van der Waals surface area contributed by atoms with Crippen molar-refractivity contribution in [3.63, 3.8) is 0 Å². The molecule has 0 aliphatic heterocycles. The van der Waals surface area contributed by atoms with Gasteiger partial charge in [-0.05, 0) is 41.5 Å². The van der Waals surface area contributed by atoms with Crippen LogP contribution in [0.3, 0.4) is 0 Å². The van der Waals surface area contributed by atoms with E-state index >= 15 is 0 Å². The second-order valence-corrected chi connectivity index (χ2v) is 5.80. The number of carbonyl (C=O) groups excluding carboxylic acids is 1. The Hall–Kier alpha value is -2.64. The summed E-state index contributed by atoms with van der Waals surface area (Å²) < 4.78 is 17.8. The Morgan fingerprint density at radius 1 is 1.08 bits per heavy atom. The van der Waals surface area contributed by atoms with Crippen LogP contribution in [0.15, 0.2) is 18.2 Å². The maximum Gasteiger partial charge on any atom is 0.327 e. The topological polar surface area (TPSA) is 88.4 Å². The van der Waals surface area contributed by atoms with Crippen LogP contribution in [0.25, 0.3) is 11.4 Å². The van der Waals surface area contributed by atoms with Crippen LogP contribution in [0, 0.1) is 0 Å². The maximum atomic E-state index is 11.5. The van der Waals surface area contributed by atoms with Crippen LogP contribution < -0.4 is 9.47 Å². The summed E-state index contributed by atoms with van der Waals surface area (Å²) >= 11 is 0. The lowest BCUT2D eigenvalue weighted by Crippen LogP contribution is -2.14. The van der Waals surface area contributed by atoms with Gasteiger partial charge in [0.2, 0.25) is 0 Å². The van der Waals surface area contributed by atoms with Crippen molar-refractivity contribution < 1.29 is 19.0 Å². The summed E-state index contributed by atoms with van der Waals surface area (Å²) in [5.74, 6) is 1.40. The highest BCUT2D eigenvalue weighted by atomic mass is 16.5. The molecule has 0 aliphatic carbocycles. The first-order chi connectivity index (χ1) is 12.7. The molecule has 0 aliphatic rings. The second kappa shape index (κ2) is 10.4. The average molecular weight is 362 g/mol. The van der Waals surface area contributed by atoms with Crippen molar-refractivity contribution in [2.45, 2.75) is 46.1 Å². The number of nitrogens with zero attached hydrogens (tertiary/aromatic N) is 4. The molecule has 1 heterocycles. The van der Waals surface area contributed by atoms with Crippen molar-refractivity contribution >= 4 is 5.97 Å². The number of rotatable bonds is 11. The minimum Gasteiger partial charge on any atom is -0.490 e. The molecule has 0 N–H and O–H groups in total. The molecule has 0 radical (unpaired) electrons. The lowest BCUT2D eigenvalue weighted by atomic mass is 10.2. The van der Waals surface area contributed by atoms with E-state index in [1.807, 2.05) is 18.2 Å². The smallest absolute Gasteiger partial charge is 0.327 e. The van der Waals surface area contributed by atoms with Crippen LogP contribution in [0.5, 0.6) is 11.5 Å². The number of aromatic nitrogens is 4. The summed E-state index contributed by atoms with van der Waals surface area (Å²) in [5, 5.41) is 11.5. The maximum absolute atomic E-state index is 11.5. The monoisotopic (exact) mass is 362 g/mol. The van der Waals surface area contributed by atoms with Crippen LogP contribution >= 0.6 is 0 Å². The zero-order valence-electron chi connectivity index (χ0n) is 15.6. The van der Waals surface area contributed by atoms with Gasteiger partial charge in [0.15, 0.2) is 17.3 Å². The van der Waals surface area contributed by atoms with Gasteiger partial charge in [-0.25, -0.2) is 4.68 Å². The highest BCUT2D eigenvalue weighted by Crippen LogP contribution is 2.32. The lowest BCUT2D eigenvalue weighted by molar-refractivity contribution is -0.141. The molecule has 0 bridgehead atoms. The number of methoxy groups -OCH3 is 1. The van der Waals surface area contributed by atoms with E-state index in [1.165, 1.54) is 11.8 Å². The molecule has 1 aromatic heterocycles. The number of esters is 1. The average Bonchev–Trinajstić information content (AvgIpc) is 3.11. The molecular weight excluding hydrogens is 336 g/mol. The van der Waals surface area contributed by atoms with E-state index in [0.717, 1.165) is 31.2 Å². The van der Waals surface area contributed by atoms with Crippen molar-refractivity contribution in [2.24, 2.45) is 0 Å². The van der Waals surface area contributed by atoms with Gasteiger partial charge in [0, 0.05) is 5.56 Å². The SMILES string of the molecule is CCCCOc1ccc(-c2nnnn2CC(=O)OC)cc1OCCCC. The van der Waals surface area contributed by atoms with Gasteiger partial charge in [0.25, 0.3) is 0 Å². The predicted octanol–water partition coefficient (Wildman–Crippen LogP) is 2.87. The van der Waals surface area contributed by atoms with Crippen LogP contribution in [0.4, 0.5) is 0 Å². The molecule has 0 saturated heterocycles. The largest absolute Gasteiger partial charge is 0.490 e. The molecule has 0 atom stereocenters. The van der Waals surface area contributed by atoms with Gasteiger partial charge in [0.05, 0.1) is 20.3 Å². The Labute approximate surface area is 153 Å². The summed E-state index contributed by atoms with van der Waals surface area (Å²) in [7, 11) is 1.33. The molecule has 0 unspecified atom stereocenters. The van der Waals surface area contributed by atoms with Gasteiger partial charge in [-0.3, -0.25) is 4.79 Å². The van der Waals surface area contributed by atoms with E-state index in [2.05, 4.69) is 34.1 Å². The number of carbonyl (C=O) groups is 1. The number of benzene rings is 1. The van der Waals surface area contributed by atoms with Gasteiger partial charge in [0.1, 0.15) is 6.54 Å². The van der Waals surface area contributed by atoms with E-state index in [9.17, 15) is 4.79 Å². The number of hydrogen-bond donors (Lipinski definition) is 0. The summed E-state index contributed by atoms with van der Waals surface area (Å²) in [5.41, 5.74) is 0.744. The molecule has 0 fully saturated rings. The van der Waals surface area contributed by atoms with Crippen LogP contribution in [-0.4, -0.2) is 46.5 Å². The standard InChI is InChI=1S/C18H26N4O4/c1-4-6-10-25-15-9-8-14(12-16(15)26-11-7-5-2)18-19-20-21-22(18)13-17(23)24-3/h8-9,12H,4-7,10-11,13H2,1-3H3. The Balaban J connectivity index is 2.25. The van der Waals surface area contributed by atoms with Gasteiger partial charge in [-0.1, -0.05) is 26.7 Å². The minimum absolute atomic E-state index is 0.0559. The Morgan fingerprint density at radius 2 is 1.77 bits per heavy atom. The third-order valence-corrected chi connectivity index (χ3v) is 3.75. The van der Waals surface area contributed by atoms with Gasteiger partial charge in [-0.2, -0.15) is 0 Å². The highest BCUT2D eigenvalue weighted by Gasteiger charge is 2.15. The number of ether oxygens (including phenoxy) is 3. The molecular formula is C18H26N4O4. The van der Waals surface area contributed by atoms with E-state index in [4.69, 9.17) is 9.47 Å². The first kappa shape index (κ1) is 19.7. The third kappa shape index (κ3) is 5.44. The highest BCUT2D eigenvalue weighted by molar-refractivity contribution is 5.70. The fraction of sp³-hybridized carbons (Fsp3) is 0.556. The van der Waals surface area contributed by atoms with E-state index in [1.54, 1.807) is 0 Å². The molecule has 1 aromatic carbocycles. The number of hydrogen-bond acceptors (Lipinski definition) is 7. The number of tetrazole rings is 1. The second-order valence-electron chi connectivity index (χ2n) is 5.80. The molecule has 0 amide bonds. The van der Waals surface area contributed by atoms with Gasteiger partial charge in [-0.15, -0.1) is 5.10 Å². The third-order valence-electron chi connectivity index (χ3n) is 3.75. The van der Waals surface area contributed by atoms with Crippen LogP contribution in [-0.2, 0) is 16.1 Å². The Morgan fingerprint density at radius 3 is 2.42 bits per heavy atom.